The molecule has 2 aromatic heterocycles. The molecule has 0 bridgehead atoms. The predicted molar refractivity (Wildman–Crippen MR) is 121 cm³/mol. The van der Waals surface area contributed by atoms with Crippen LogP contribution in [-0.2, 0) is 18.4 Å². The Bertz CT molecular complexity index is 903. The number of aromatic nitrogens is 4. The Morgan fingerprint density at radius 3 is 2.68 bits per heavy atom. The molecule has 31 heavy (non-hydrogen) atoms. The second-order valence-corrected chi connectivity index (χ2v) is 9.31. The van der Waals surface area contributed by atoms with Crippen LogP contribution in [-0.4, -0.2) is 62.8 Å². The molecule has 0 aliphatic carbocycles. The van der Waals surface area contributed by atoms with Gasteiger partial charge in [-0.05, 0) is 46.1 Å². The minimum absolute atomic E-state index is 0.0577. The Kier molecular flexibility index (Phi) is 6.55. The number of anilines is 1. The van der Waals surface area contributed by atoms with E-state index in [9.17, 15) is 4.79 Å². The van der Waals surface area contributed by atoms with E-state index in [2.05, 4.69) is 31.4 Å². The van der Waals surface area contributed by atoms with Gasteiger partial charge in [0.15, 0.2) is 0 Å². The summed E-state index contributed by atoms with van der Waals surface area (Å²) in [6.07, 6.45) is 7.59. The Balaban J connectivity index is 1.56. The average molecular weight is 426 g/mol. The highest BCUT2D eigenvalue weighted by Gasteiger charge is 2.40. The van der Waals surface area contributed by atoms with Crippen LogP contribution in [0.1, 0.15) is 56.0 Å². The van der Waals surface area contributed by atoms with Crippen molar-refractivity contribution in [2.24, 2.45) is 13.0 Å². The van der Waals surface area contributed by atoms with Gasteiger partial charge in [-0.25, -0.2) is 9.97 Å². The van der Waals surface area contributed by atoms with Crippen LogP contribution >= 0.6 is 0 Å². The maximum absolute atomic E-state index is 13.1. The standard InChI is InChI=1S/C23H35N7O/c1-16(2)25-22(31)20-15-29(13-18-12-28(4)27-17(18)3)14-19(20)21-8-9-24-23(26-21)30-10-6-5-7-11-30/h8-9,12,16,19-20H,5-7,10-11,13-15H2,1-4H3,(H,25,31)/t19-,20-/m1/s1. The summed E-state index contributed by atoms with van der Waals surface area (Å²) >= 11 is 0. The van der Waals surface area contributed by atoms with Gasteiger partial charge in [0.2, 0.25) is 11.9 Å². The number of hydrogen-bond acceptors (Lipinski definition) is 6. The molecule has 168 valence electrons. The number of hydrogen-bond donors (Lipinski definition) is 1. The minimum atomic E-state index is -0.122. The number of carbonyl (C=O) groups excluding carboxylic acids is 1. The summed E-state index contributed by atoms with van der Waals surface area (Å²) in [5.41, 5.74) is 3.23. The Morgan fingerprint density at radius 2 is 2.00 bits per heavy atom. The Hall–Kier alpha value is -2.48. The normalized spacial score (nSPS) is 22.3. The lowest BCUT2D eigenvalue weighted by Gasteiger charge is -2.27. The summed E-state index contributed by atoms with van der Waals surface area (Å²) in [6.45, 7) is 10.4. The Morgan fingerprint density at radius 1 is 1.23 bits per heavy atom. The molecule has 0 saturated carbocycles. The third-order valence-electron chi connectivity index (χ3n) is 6.36. The van der Waals surface area contributed by atoms with Crippen LogP contribution in [0.25, 0.3) is 0 Å². The van der Waals surface area contributed by atoms with Crippen LogP contribution in [0.15, 0.2) is 18.5 Å². The molecule has 0 aromatic carbocycles. The summed E-state index contributed by atoms with van der Waals surface area (Å²) in [6, 6.07) is 2.11. The van der Waals surface area contributed by atoms with Crippen LogP contribution in [0.4, 0.5) is 5.95 Å². The molecular weight excluding hydrogens is 390 g/mol. The SMILES string of the molecule is Cc1nn(C)cc1CN1C[C@@H](C(=O)NC(C)C)[C@H](c2ccnc(N3CCCCC3)n2)C1. The number of piperidine rings is 1. The largest absolute Gasteiger partial charge is 0.354 e. The van der Waals surface area contributed by atoms with Crippen molar-refractivity contribution >= 4 is 11.9 Å². The zero-order valence-corrected chi connectivity index (χ0v) is 19.2. The third kappa shape index (κ3) is 5.06. The van der Waals surface area contributed by atoms with Gasteiger partial charge in [-0.2, -0.15) is 5.10 Å². The molecule has 4 heterocycles. The van der Waals surface area contributed by atoms with Crippen molar-refractivity contribution in [1.82, 2.24) is 30.0 Å². The van der Waals surface area contributed by atoms with Crippen molar-refractivity contribution in [3.8, 4) is 0 Å². The van der Waals surface area contributed by atoms with Crippen molar-refractivity contribution in [1.29, 1.82) is 0 Å². The van der Waals surface area contributed by atoms with E-state index >= 15 is 0 Å². The van der Waals surface area contributed by atoms with Gasteiger partial charge in [-0.15, -0.1) is 0 Å². The zero-order valence-electron chi connectivity index (χ0n) is 19.2. The van der Waals surface area contributed by atoms with Gasteiger partial charge in [0.1, 0.15) is 0 Å². The first-order valence-corrected chi connectivity index (χ1v) is 11.5. The van der Waals surface area contributed by atoms with Crippen LogP contribution in [0, 0.1) is 12.8 Å². The molecule has 0 radical (unpaired) electrons. The van der Waals surface area contributed by atoms with Crippen LogP contribution in [0.3, 0.4) is 0 Å². The summed E-state index contributed by atoms with van der Waals surface area (Å²) in [5, 5.41) is 7.60. The molecule has 0 spiro atoms. The number of nitrogens with one attached hydrogen (secondary N) is 1. The molecule has 2 atom stereocenters. The fraction of sp³-hybridized carbons (Fsp3) is 0.652. The number of aryl methyl sites for hydroxylation is 2. The summed E-state index contributed by atoms with van der Waals surface area (Å²) < 4.78 is 1.86. The highest BCUT2D eigenvalue weighted by atomic mass is 16.2. The fourth-order valence-electron chi connectivity index (χ4n) is 4.83. The van der Waals surface area contributed by atoms with Crippen molar-refractivity contribution in [3.05, 3.63) is 35.4 Å². The first-order chi connectivity index (χ1) is 14.9. The van der Waals surface area contributed by atoms with Gasteiger partial charge in [-0.3, -0.25) is 14.4 Å². The Labute approximate surface area is 185 Å². The van der Waals surface area contributed by atoms with Gasteiger partial charge < -0.3 is 10.2 Å². The van der Waals surface area contributed by atoms with Crippen molar-refractivity contribution in [3.63, 3.8) is 0 Å². The molecule has 2 aliphatic rings. The first-order valence-electron chi connectivity index (χ1n) is 11.5. The topological polar surface area (TPSA) is 79.2 Å². The summed E-state index contributed by atoms with van der Waals surface area (Å²) in [4.78, 5) is 27.2. The lowest BCUT2D eigenvalue weighted by atomic mass is 9.91. The number of nitrogens with zero attached hydrogens (tertiary/aromatic N) is 6. The van der Waals surface area contributed by atoms with Gasteiger partial charge in [0.05, 0.1) is 17.3 Å². The number of amides is 1. The molecule has 4 rings (SSSR count). The van der Waals surface area contributed by atoms with Crippen molar-refractivity contribution in [2.45, 2.75) is 58.5 Å². The highest BCUT2D eigenvalue weighted by Crippen LogP contribution is 2.34. The molecule has 8 nitrogen and oxygen atoms in total. The average Bonchev–Trinajstić information content (AvgIpc) is 3.31. The number of likely N-dealkylation sites (tertiary alicyclic amines) is 1. The third-order valence-corrected chi connectivity index (χ3v) is 6.36. The second kappa shape index (κ2) is 9.34. The van der Waals surface area contributed by atoms with E-state index in [1.54, 1.807) is 0 Å². The first kappa shape index (κ1) is 21.7. The van der Waals surface area contributed by atoms with E-state index < -0.39 is 0 Å². The maximum Gasteiger partial charge on any atom is 0.225 e. The maximum atomic E-state index is 13.1. The number of carbonyl (C=O) groups is 1. The van der Waals surface area contributed by atoms with Crippen molar-refractivity contribution in [2.75, 3.05) is 31.1 Å². The number of rotatable bonds is 6. The fourth-order valence-corrected chi connectivity index (χ4v) is 4.83. The molecule has 2 fully saturated rings. The highest BCUT2D eigenvalue weighted by molar-refractivity contribution is 5.80. The van der Waals surface area contributed by atoms with Gasteiger partial charge in [0, 0.05) is 69.7 Å². The molecule has 8 heteroatoms. The predicted octanol–water partition coefficient (Wildman–Crippen LogP) is 2.25. The van der Waals surface area contributed by atoms with E-state index in [-0.39, 0.29) is 23.8 Å². The minimum Gasteiger partial charge on any atom is -0.354 e. The van der Waals surface area contributed by atoms with Crippen LogP contribution in [0.2, 0.25) is 0 Å². The molecule has 0 unspecified atom stereocenters. The molecule has 1 amide bonds. The van der Waals surface area contributed by atoms with E-state index in [4.69, 9.17) is 4.98 Å². The van der Waals surface area contributed by atoms with E-state index in [0.717, 1.165) is 50.1 Å². The van der Waals surface area contributed by atoms with Crippen LogP contribution in [0.5, 0.6) is 0 Å². The van der Waals surface area contributed by atoms with E-state index in [1.807, 2.05) is 44.8 Å². The molecule has 2 saturated heterocycles. The van der Waals surface area contributed by atoms with E-state index in [1.165, 1.54) is 24.8 Å². The molecule has 2 aliphatic heterocycles. The quantitative estimate of drug-likeness (QED) is 0.765. The lowest BCUT2D eigenvalue weighted by molar-refractivity contribution is -0.125. The van der Waals surface area contributed by atoms with E-state index in [0.29, 0.717) is 0 Å². The van der Waals surface area contributed by atoms with Gasteiger partial charge in [-0.1, -0.05) is 0 Å². The smallest absolute Gasteiger partial charge is 0.225 e. The molecule has 1 N–H and O–H groups in total. The summed E-state index contributed by atoms with van der Waals surface area (Å²) in [7, 11) is 1.95. The zero-order chi connectivity index (χ0) is 22.0. The summed E-state index contributed by atoms with van der Waals surface area (Å²) in [5.74, 6) is 0.857. The molecule has 2 aromatic rings. The van der Waals surface area contributed by atoms with Crippen molar-refractivity contribution < 1.29 is 4.79 Å². The lowest BCUT2D eigenvalue weighted by Crippen LogP contribution is -2.38. The van der Waals surface area contributed by atoms with Crippen LogP contribution < -0.4 is 10.2 Å². The van der Waals surface area contributed by atoms with Gasteiger partial charge >= 0.3 is 0 Å². The second-order valence-electron chi connectivity index (χ2n) is 9.31. The monoisotopic (exact) mass is 425 g/mol. The molecular formula is C23H35N7O. The van der Waals surface area contributed by atoms with Gasteiger partial charge in [0.25, 0.3) is 0 Å².